The standard InChI is InChI=1S/C28H44N7O20P3S/c1-4-14(36)9-15(26(41)42)27(43)59-8-7-30-17(37)5-6-31-24(40)21(39)28(2,3)11-52-58(49,50)55-57(47,48)51-10-16-20(54-56(44,45)46)19(38)25(53-16)35-13-34-18-22(29)32-12-33-23(18)35/h12-13,15-16,19-21,25,38-39H,4-11H2,1-3H3,(H,30,37)(H,31,40)(H,41,42)(H,47,48)(H,49,50)(H2,29,32,33)(H2,44,45,46)/t15-,16+,19+,20+,21+,25+/m0/s1. The molecule has 0 spiro atoms. The van der Waals surface area contributed by atoms with Gasteiger partial charge in [-0.3, -0.25) is 42.1 Å². The number of fused-ring (bicyclic) bond motifs is 1. The Labute approximate surface area is 338 Å². The first-order valence-electron chi connectivity index (χ1n) is 17.1. The number of imidazole rings is 1. The molecule has 0 radical (unpaired) electrons. The van der Waals surface area contributed by atoms with Crippen molar-refractivity contribution < 1.29 is 95.2 Å². The van der Waals surface area contributed by atoms with Crippen LogP contribution in [-0.4, -0.2) is 140 Å². The number of thioether (sulfide) groups is 1. The summed E-state index contributed by atoms with van der Waals surface area (Å²) in [6.45, 7) is 1.48. The Morgan fingerprint density at radius 3 is 2.32 bits per heavy atom. The molecule has 11 N–H and O–H groups in total. The summed E-state index contributed by atoms with van der Waals surface area (Å²) in [7, 11) is -16.5. The third kappa shape index (κ3) is 15.0. The van der Waals surface area contributed by atoms with Crippen molar-refractivity contribution >= 4 is 80.9 Å². The lowest BCUT2D eigenvalue weighted by molar-refractivity contribution is -0.146. The molecule has 3 rings (SSSR count). The Kier molecular flexibility index (Phi) is 17.8. The highest BCUT2D eigenvalue weighted by Gasteiger charge is 2.50. The van der Waals surface area contributed by atoms with Crippen LogP contribution in [0.2, 0.25) is 0 Å². The average Bonchev–Trinajstić information content (AvgIpc) is 3.69. The van der Waals surface area contributed by atoms with Gasteiger partial charge >= 0.3 is 29.4 Å². The Morgan fingerprint density at radius 2 is 1.69 bits per heavy atom. The van der Waals surface area contributed by atoms with Crippen LogP contribution < -0.4 is 16.4 Å². The highest BCUT2D eigenvalue weighted by molar-refractivity contribution is 8.13. The lowest BCUT2D eigenvalue weighted by atomic mass is 9.87. The minimum absolute atomic E-state index is 0.00363. The minimum Gasteiger partial charge on any atom is -0.481 e. The summed E-state index contributed by atoms with van der Waals surface area (Å²) >= 11 is 0.626. The van der Waals surface area contributed by atoms with E-state index in [1.165, 1.54) is 20.8 Å². The molecule has 8 atom stereocenters. The van der Waals surface area contributed by atoms with Crippen LogP contribution in [0, 0.1) is 11.3 Å². The molecule has 0 aromatic carbocycles. The average molecular weight is 924 g/mol. The third-order valence-electron chi connectivity index (χ3n) is 8.15. The van der Waals surface area contributed by atoms with Crippen molar-refractivity contribution in [2.45, 2.75) is 70.7 Å². The van der Waals surface area contributed by atoms with E-state index in [1.54, 1.807) is 0 Å². The number of ether oxygens (including phenoxy) is 1. The van der Waals surface area contributed by atoms with Gasteiger partial charge in [0.15, 0.2) is 17.7 Å². The number of ketones is 1. The van der Waals surface area contributed by atoms with Crippen LogP contribution in [0.15, 0.2) is 12.7 Å². The highest BCUT2D eigenvalue weighted by atomic mass is 32.2. The van der Waals surface area contributed by atoms with E-state index in [9.17, 15) is 72.6 Å². The summed E-state index contributed by atoms with van der Waals surface area (Å²) in [5.41, 5.74) is 4.15. The highest BCUT2D eigenvalue weighted by Crippen LogP contribution is 2.61. The van der Waals surface area contributed by atoms with Gasteiger partial charge in [0.1, 0.15) is 48.0 Å². The van der Waals surface area contributed by atoms with Crippen LogP contribution in [0.3, 0.4) is 0 Å². The first kappa shape index (κ1) is 50.1. The molecule has 1 saturated heterocycles. The summed E-state index contributed by atoms with van der Waals surface area (Å²) in [6, 6.07) is 0. The van der Waals surface area contributed by atoms with Gasteiger partial charge in [0.2, 0.25) is 16.9 Å². The van der Waals surface area contributed by atoms with Gasteiger partial charge in [0.05, 0.1) is 19.5 Å². The van der Waals surface area contributed by atoms with Crippen LogP contribution in [-0.2, 0) is 60.3 Å². The Morgan fingerprint density at radius 1 is 1.03 bits per heavy atom. The number of aliphatic hydroxyl groups is 2. The maximum atomic E-state index is 12.7. The molecule has 2 aromatic heterocycles. The van der Waals surface area contributed by atoms with Crippen molar-refractivity contribution in [2.75, 3.05) is 37.8 Å². The zero-order valence-electron chi connectivity index (χ0n) is 31.3. The second kappa shape index (κ2) is 21.0. The first-order valence-corrected chi connectivity index (χ1v) is 22.6. The number of aliphatic hydroxyl groups excluding tert-OH is 2. The molecule has 0 aliphatic carbocycles. The number of anilines is 1. The van der Waals surface area contributed by atoms with Gasteiger partial charge < -0.3 is 56.0 Å². The predicted octanol–water partition coefficient (Wildman–Crippen LogP) is -1.27. The van der Waals surface area contributed by atoms with Gasteiger partial charge in [0.25, 0.3) is 0 Å². The fraction of sp³-hybridized carbons (Fsp3) is 0.643. The maximum absolute atomic E-state index is 12.7. The monoisotopic (exact) mass is 923 g/mol. The molecule has 3 heterocycles. The quantitative estimate of drug-likeness (QED) is 0.0333. The summed E-state index contributed by atoms with van der Waals surface area (Å²) in [5, 5.41) is 34.6. The smallest absolute Gasteiger partial charge is 0.481 e. The number of hydrogen-bond donors (Lipinski definition) is 10. The molecule has 1 aliphatic rings. The van der Waals surface area contributed by atoms with Crippen molar-refractivity contribution in [1.82, 2.24) is 30.2 Å². The lowest BCUT2D eigenvalue weighted by Gasteiger charge is -2.30. The number of aliphatic carboxylic acids is 1. The molecule has 2 amide bonds. The van der Waals surface area contributed by atoms with Gasteiger partial charge in [-0.05, 0) is 0 Å². The normalized spacial score (nSPS) is 21.6. The van der Waals surface area contributed by atoms with Gasteiger partial charge in [-0.1, -0.05) is 32.5 Å². The lowest BCUT2D eigenvalue weighted by Crippen LogP contribution is -2.46. The number of Topliss-reactive ketones (excluding diaryl/α,β-unsaturated/α-hetero) is 1. The summed E-state index contributed by atoms with van der Waals surface area (Å²) in [5.74, 6) is -5.05. The largest absolute Gasteiger partial charge is 0.481 e. The van der Waals surface area contributed by atoms with E-state index >= 15 is 0 Å². The van der Waals surface area contributed by atoms with Crippen LogP contribution in [0.1, 0.15) is 46.3 Å². The molecular formula is C28H44N7O20P3S. The van der Waals surface area contributed by atoms with E-state index in [0.717, 1.165) is 17.2 Å². The number of rotatable bonds is 24. The number of carboxylic acids is 1. The second-order valence-electron chi connectivity index (χ2n) is 13.2. The minimum atomic E-state index is -5.61. The second-order valence-corrected chi connectivity index (χ2v) is 18.6. The molecule has 332 valence electrons. The van der Waals surface area contributed by atoms with Crippen molar-refractivity contribution in [3.05, 3.63) is 12.7 Å². The van der Waals surface area contributed by atoms with Crippen LogP contribution >= 0.6 is 35.2 Å². The van der Waals surface area contributed by atoms with Gasteiger partial charge in [-0.2, -0.15) is 4.31 Å². The number of nitrogens with one attached hydrogen (secondary N) is 2. The van der Waals surface area contributed by atoms with Crippen LogP contribution in [0.25, 0.3) is 11.2 Å². The van der Waals surface area contributed by atoms with E-state index in [1.807, 2.05) is 0 Å². The van der Waals surface area contributed by atoms with E-state index in [4.69, 9.17) is 19.5 Å². The number of aromatic nitrogens is 4. The van der Waals surface area contributed by atoms with Crippen LogP contribution in [0.5, 0.6) is 0 Å². The topological polar surface area (TPSA) is 418 Å². The number of amides is 2. The molecule has 0 bridgehead atoms. The fourth-order valence-corrected chi connectivity index (χ4v) is 8.65. The number of nitrogen functional groups attached to an aromatic ring is 1. The molecule has 0 saturated carbocycles. The molecule has 31 heteroatoms. The molecule has 1 aliphatic heterocycles. The van der Waals surface area contributed by atoms with E-state index < -0.39 is 114 Å². The Hall–Kier alpha value is -3.30. The Bertz CT molecular complexity index is 2000. The molecule has 2 aromatic rings. The molecule has 1 fully saturated rings. The number of carbonyl (C=O) groups excluding carboxylic acids is 4. The third-order valence-corrected chi connectivity index (χ3v) is 12.2. The van der Waals surface area contributed by atoms with Crippen molar-refractivity contribution in [2.24, 2.45) is 11.3 Å². The zero-order chi connectivity index (χ0) is 44.5. The van der Waals surface area contributed by atoms with Crippen molar-refractivity contribution in [1.29, 1.82) is 0 Å². The SMILES string of the molecule is CCC(=O)C[C@@H](C(=O)O)C(=O)SCCNC(=O)CCNC(=O)[C@@H](O)C(C)(C)COP(=O)(O)OP(=O)(O)OC[C@H]1O[C@@H](n2cnc3c(N)ncnc32)[C@H](O)[C@@H]1OP(=O)(O)O. The summed E-state index contributed by atoms with van der Waals surface area (Å²) < 4.78 is 62.0. The number of nitrogens with zero attached hydrogens (tertiary/aromatic N) is 4. The zero-order valence-corrected chi connectivity index (χ0v) is 34.8. The summed E-state index contributed by atoms with van der Waals surface area (Å²) in [6.07, 6.45) is -7.61. The van der Waals surface area contributed by atoms with E-state index in [0.29, 0.717) is 11.8 Å². The number of hydrogen-bond acceptors (Lipinski definition) is 20. The first-order chi connectivity index (χ1) is 27.3. The van der Waals surface area contributed by atoms with Crippen LogP contribution in [0.4, 0.5) is 5.82 Å². The number of phosphoric ester groups is 3. The number of phosphoric acid groups is 3. The molecule has 27 nitrogen and oxygen atoms in total. The van der Waals surface area contributed by atoms with E-state index in [2.05, 4.69) is 34.4 Å². The fourth-order valence-electron chi connectivity index (χ4n) is 5.03. The molecule has 2 unspecified atom stereocenters. The Balaban J connectivity index is 1.47. The summed E-state index contributed by atoms with van der Waals surface area (Å²) in [4.78, 5) is 111. The van der Waals surface area contributed by atoms with E-state index in [-0.39, 0.29) is 48.7 Å². The van der Waals surface area contributed by atoms with Gasteiger partial charge in [0, 0.05) is 43.5 Å². The van der Waals surface area contributed by atoms with Gasteiger partial charge in [-0.15, -0.1) is 0 Å². The maximum Gasteiger partial charge on any atom is 0.481 e. The number of carbonyl (C=O) groups is 5. The molecular weight excluding hydrogens is 879 g/mol. The van der Waals surface area contributed by atoms with Crippen molar-refractivity contribution in [3.8, 4) is 0 Å². The van der Waals surface area contributed by atoms with Crippen molar-refractivity contribution in [3.63, 3.8) is 0 Å². The molecule has 59 heavy (non-hydrogen) atoms. The number of nitrogens with two attached hydrogens (primary N) is 1. The number of carboxylic acid groups (broad SMARTS) is 1. The predicted molar refractivity (Wildman–Crippen MR) is 198 cm³/mol. The van der Waals surface area contributed by atoms with Gasteiger partial charge in [-0.25, -0.2) is 28.6 Å².